The minimum Gasteiger partial charge on any atom is -0.504 e. The molecule has 3 N–H and O–H groups in total. The molecule has 18 heavy (non-hydrogen) atoms. The number of methoxy groups -OCH3 is 1. The molecule has 0 aliphatic carbocycles. The summed E-state index contributed by atoms with van der Waals surface area (Å²) in [6.45, 7) is 0. The third-order valence-corrected chi connectivity index (χ3v) is 2.05. The molecule has 0 fully saturated rings. The van der Waals surface area contributed by atoms with Crippen LogP contribution in [-0.4, -0.2) is 24.5 Å². The fourth-order valence-electron chi connectivity index (χ4n) is 1.25. The number of para-hydroxylation sites is 1. The Bertz CT molecular complexity index is 447. The van der Waals surface area contributed by atoms with Gasteiger partial charge in [-0.1, -0.05) is 12.1 Å². The Morgan fingerprint density at radius 3 is 2.56 bits per heavy atom. The van der Waals surface area contributed by atoms with Crippen LogP contribution in [0.5, 0.6) is 11.5 Å². The Balaban J connectivity index is 3.09. The van der Waals surface area contributed by atoms with Gasteiger partial charge in [0.1, 0.15) is 6.04 Å². The van der Waals surface area contributed by atoms with E-state index in [1.807, 2.05) is 0 Å². The highest BCUT2D eigenvalue weighted by atomic mass is 19.4. The molecule has 0 unspecified atom stereocenters. The Hall–Kier alpha value is -1.96. The molecule has 0 saturated carbocycles. The number of esters is 1. The van der Waals surface area contributed by atoms with Crippen molar-refractivity contribution < 1.29 is 32.5 Å². The van der Waals surface area contributed by atoms with Crippen LogP contribution >= 0.6 is 0 Å². The highest BCUT2D eigenvalue weighted by molar-refractivity contribution is 5.78. The number of hydrogen-bond donors (Lipinski definition) is 2. The van der Waals surface area contributed by atoms with E-state index in [0.29, 0.717) is 0 Å². The number of benzene rings is 1. The summed E-state index contributed by atoms with van der Waals surface area (Å²) in [6.07, 6.45) is -4.95. The van der Waals surface area contributed by atoms with Crippen LogP contribution in [0, 0.1) is 0 Å². The van der Waals surface area contributed by atoms with Crippen LogP contribution in [0.15, 0.2) is 18.2 Å². The van der Waals surface area contributed by atoms with Crippen LogP contribution in [-0.2, 0) is 9.53 Å². The third-order valence-electron chi connectivity index (χ3n) is 2.05. The topological polar surface area (TPSA) is 81.8 Å². The van der Waals surface area contributed by atoms with E-state index in [9.17, 15) is 23.1 Å². The number of phenolic OH excluding ortho intramolecular Hbond substituents is 1. The molecule has 0 heterocycles. The average molecular weight is 265 g/mol. The SMILES string of the molecule is COC(=O)[C@H](N)c1cccc(OC(F)(F)F)c1O. The molecule has 1 rings (SSSR count). The maximum Gasteiger partial charge on any atom is 0.573 e. The number of ether oxygens (including phenoxy) is 2. The highest BCUT2D eigenvalue weighted by Gasteiger charge is 2.33. The first-order chi connectivity index (χ1) is 8.26. The molecule has 0 saturated heterocycles. The monoisotopic (exact) mass is 265 g/mol. The summed E-state index contributed by atoms with van der Waals surface area (Å²) in [5.74, 6) is -2.58. The number of carbonyl (C=O) groups is 1. The zero-order valence-electron chi connectivity index (χ0n) is 9.19. The van der Waals surface area contributed by atoms with Gasteiger partial charge in [-0.2, -0.15) is 0 Å². The van der Waals surface area contributed by atoms with E-state index < -0.39 is 29.9 Å². The van der Waals surface area contributed by atoms with E-state index in [2.05, 4.69) is 9.47 Å². The van der Waals surface area contributed by atoms with Gasteiger partial charge >= 0.3 is 12.3 Å². The van der Waals surface area contributed by atoms with Crippen LogP contribution in [0.25, 0.3) is 0 Å². The lowest BCUT2D eigenvalue weighted by atomic mass is 10.1. The van der Waals surface area contributed by atoms with Crippen molar-refractivity contribution >= 4 is 5.97 Å². The third kappa shape index (κ3) is 3.27. The van der Waals surface area contributed by atoms with Gasteiger partial charge in [-0.3, -0.25) is 4.79 Å². The number of phenols is 1. The van der Waals surface area contributed by atoms with E-state index in [0.717, 1.165) is 13.2 Å². The van der Waals surface area contributed by atoms with Crippen LogP contribution in [0.2, 0.25) is 0 Å². The first-order valence-corrected chi connectivity index (χ1v) is 4.67. The summed E-state index contributed by atoms with van der Waals surface area (Å²) in [7, 11) is 1.06. The molecule has 0 spiro atoms. The molecule has 0 amide bonds. The minimum absolute atomic E-state index is 0.219. The van der Waals surface area contributed by atoms with Crippen molar-refractivity contribution in [2.24, 2.45) is 5.73 Å². The van der Waals surface area contributed by atoms with Crippen LogP contribution < -0.4 is 10.5 Å². The Morgan fingerprint density at radius 2 is 2.06 bits per heavy atom. The maximum atomic E-state index is 12.0. The lowest BCUT2D eigenvalue weighted by molar-refractivity contribution is -0.275. The highest BCUT2D eigenvalue weighted by Crippen LogP contribution is 2.36. The molecule has 0 bridgehead atoms. The molecule has 5 nitrogen and oxygen atoms in total. The van der Waals surface area contributed by atoms with Crippen molar-refractivity contribution in [3.63, 3.8) is 0 Å². The number of rotatable bonds is 3. The van der Waals surface area contributed by atoms with Gasteiger partial charge in [0, 0.05) is 5.56 Å². The zero-order chi connectivity index (χ0) is 13.9. The molecular weight excluding hydrogens is 255 g/mol. The summed E-state index contributed by atoms with van der Waals surface area (Å²) in [6, 6.07) is 1.86. The molecule has 8 heteroatoms. The van der Waals surface area contributed by atoms with Crippen molar-refractivity contribution in [2.45, 2.75) is 12.4 Å². The molecule has 0 aliphatic rings. The lowest BCUT2D eigenvalue weighted by Crippen LogP contribution is -2.23. The fraction of sp³-hybridized carbons (Fsp3) is 0.300. The Morgan fingerprint density at radius 1 is 1.44 bits per heavy atom. The number of aromatic hydroxyl groups is 1. The van der Waals surface area contributed by atoms with E-state index in [1.165, 1.54) is 12.1 Å². The number of carbonyl (C=O) groups excluding carboxylic acids is 1. The molecule has 0 aliphatic heterocycles. The van der Waals surface area contributed by atoms with Gasteiger partial charge in [0.2, 0.25) is 0 Å². The van der Waals surface area contributed by atoms with Crippen molar-refractivity contribution in [1.82, 2.24) is 0 Å². The number of halogens is 3. The van der Waals surface area contributed by atoms with E-state index in [4.69, 9.17) is 5.73 Å². The van der Waals surface area contributed by atoms with Gasteiger partial charge in [0.05, 0.1) is 7.11 Å². The fourth-order valence-corrected chi connectivity index (χ4v) is 1.25. The quantitative estimate of drug-likeness (QED) is 0.808. The van der Waals surface area contributed by atoms with Crippen molar-refractivity contribution in [1.29, 1.82) is 0 Å². The van der Waals surface area contributed by atoms with Gasteiger partial charge in [-0.15, -0.1) is 13.2 Å². The second-order valence-corrected chi connectivity index (χ2v) is 3.24. The molecule has 1 aromatic rings. The molecule has 0 radical (unpaired) electrons. The average Bonchev–Trinajstić information content (AvgIpc) is 2.28. The van der Waals surface area contributed by atoms with Crippen molar-refractivity contribution in [3.05, 3.63) is 23.8 Å². The van der Waals surface area contributed by atoms with Crippen LogP contribution in [0.3, 0.4) is 0 Å². The molecular formula is C10H10F3NO4. The predicted molar refractivity (Wildman–Crippen MR) is 53.7 cm³/mol. The second kappa shape index (κ2) is 5.13. The maximum absolute atomic E-state index is 12.0. The summed E-state index contributed by atoms with van der Waals surface area (Å²) in [5, 5.41) is 9.55. The summed E-state index contributed by atoms with van der Waals surface area (Å²) in [4.78, 5) is 11.1. The normalized spacial score (nSPS) is 12.9. The number of alkyl halides is 3. The van der Waals surface area contributed by atoms with Crippen molar-refractivity contribution in [3.8, 4) is 11.5 Å². The summed E-state index contributed by atoms with van der Waals surface area (Å²) in [5.41, 5.74) is 5.19. The van der Waals surface area contributed by atoms with Gasteiger partial charge in [0.15, 0.2) is 11.5 Å². The van der Waals surface area contributed by atoms with Crippen LogP contribution in [0.4, 0.5) is 13.2 Å². The predicted octanol–water partition coefficient (Wildman–Crippen LogP) is 1.46. The number of hydrogen-bond acceptors (Lipinski definition) is 5. The van der Waals surface area contributed by atoms with E-state index >= 15 is 0 Å². The zero-order valence-corrected chi connectivity index (χ0v) is 9.19. The van der Waals surface area contributed by atoms with Crippen molar-refractivity contribution in [2.75, 3.05) is 7.11 Å². The molecule has 1 aromatic carbocycles. The van der Waals surface area contributed by atoms with E-state index in [-0.39, 0.29) is 5.56 Å². The second-order valence-electron chi connectivity index (χ2n) is 3.24. The van der Waals surface area contributed by atoms with Gasteiger partial charge < -0.3 is 20.3 Å². The standard InChI is InChI=1S/C10H10F3NO4/c1-17-9(16)7(14)5-3-2-4-6(8(5)15)18-10(11,12)13/h2-4,7,15H,14H2,1H3/t7-/m1/s1. The smallest absolute Gasteiger partial charge is 0.504 e. The van der Waals surface area contributed by atoms with Gasteiger partial charge in [-0.05, 0) is 6.07 Å². The molecule has 100 valence electrons. The van der Waals surface area contributed by atoms with Crippen LogP contribution in [0.1, 0.15) is 11.6 Å². The van der Waals surface area contributed by atoms with Gasteiger partial charge in [-0.25, -0.2) is 0 Å². The molecule has 1 atom stereocenters. The Labute approximate surface area is 99.9 Å². The van der Waals surface area contributed by atoms with Gasteiger partial charge in [0.25, 0.3) is 0 Å². The number of nitrogens with two attached hydrogens (primary N) is 1. The largest absolute Gasteiger partial charge is 0.573 e. The lowest BCUT2D eigenvalue weighted by Gasteiger charge is -2.15. The first-order valence-electron chi connectivity index (χ1n) is 4.67. The first kappa shape index (κ1) is 14.1. The van der Waals surface area contributed by atoms with E-state index in [1.54, 1.807) is 0 Å². The minimum atomic E-state index is -4.95. The molecule has 0 aromatic heterocycles. The summed E-state index contributed by atoms with van der Waals surface area (Å²) < 4.78 is 44.0. The Kier molecular flexibility index (Phi) is 4.02. The summed E-state index contributed by atoms with van der Waals surface area (Å²) >= 11 is 0.